The largest absolute Gasteiger partial charge is 0.359 e. The number of fused-ring (bicyclic) bond motifs is 1. The van der Waals surface area contributed by atoms with Crippen molar-refractivity contribution in [2.24, 2.45) is 11.8 Å². The zero-order valence-electron chi connectivity index (χ0n) is 16.8. The van der Waals surface area contributed by atoms with Crippen LogP contribution >= 0.6 is 11.3 Å². The van der Waals surface area contributed by atoms with Gasteiger partial charge >= 0.3 is 5.69 Å². The molecule has 1 N–H and O–H groups in total. The highest BCUT2D eigenvalue weighted by molar-refractivity contribution is 7.17. The summed E-state index contributed by atoms with van der Waals surface area (Å²) in [6.07, 6.45) is 3.13. The number of halogens is 1. The van der Waals surface area contributed by atoms with E-state index >= 15 is 0 Å². The van der Waals surface area contributed by atoms with Gasteiger partial charge in [0.15, 0.2) is 0 Å². The summed E-state index contributed by atoms with van der Waals surface area (Å²) in [5, 5.41) is 4.49. The van der Waals surface area contributed by atoms with Crippen molar-refractivity contribution in [2.45, 2.75) is 38.8 Å². The monoisotopic (exact) mass is 429 g/mol. The summed E-state index contributed by atoms with van der Waals surface area (Å²) in [6, 6.07) is 7.91. The molecule has 1 aliphatic carbocycles. The molecule has 158 valence electrons. The Morgan fingerprint density at radius 1 is 1.17 bits per heavy atom. The van der Waals surface area contributed by atoms with Gasteiger partial charge in [0.2, 0.25) is 5.91 Å². The highest BCUT2D eigenvalue weighted by Crippen LogP contribution is 2.29. The molecule has 1 saturated carbocycles. The topological polar surface area (TPSA) is 73.1 Å². The second kappa shape index (κ2) is 8.55. The fraction of sp³-hybridized carbons (Fsp3) is 0.409. The number of hydrogen-bond acceptors (Lipinski definition) is 4. The van der Waals surface area contributed by atoms with Gasteiger partial charge in [-0.2, -0.15) is 0 Å². The third-order valence-electron chi connectivity index (χ3n) is 5.97. The number of nitrogens with zero attached hydrogens (tertiary/aromatic N) is 2. The Hall–Kier alpha value is -2.74. The van der Waals surface area contributed by atoms with Gasteiger partial charge in [0, 0.05) is 19.5 Å². The summed E-state index contributed by atoms with van der Waals surface area (Å²) in [5.74, 6) is -0.116. The Morgan fingerprint density at radius 3 is 2.63 bits per heavy atom. The molecule has 6 nitrogen and oxygen atoms in total. The number of aromatic nitrogens is 2. The van der Waals surface area contributed by atoms with Crippen LogP contribution in [0.1, 0.15) is 31.2 Å². The van der Waals surface area contributed by atoms with Crippen LogP contribution in [0, 0.1) is 17.7 Å². The Labute approximate surface area is 177 Å². The molecule has 0 bridgehead atoms. The summed E-state index contributed by atoms with van der Waals surface area (Å²) < 4.78 is 17.0. The molecule has 1 amide bonds. The first-order valence-corrected chi connectivity index (χ1v) is 11.0. The standard InChI is InChI=1S/C22H24FN3O3S/c1-24-20(27)16-7-5-14(6-8-16)12-26-21(28)19-18(9-10-30-19)25(22(26)29)13-15-3-2-4-17(23)11-15/h2-4,9-11,14,16H,5-8,12-13H2,1H3,(H,24,27). The smallest absolute Gasteiger partial charge is 0.331 e. The molecule has 0 aliphatic heterocycles. The maximum atomic E-state index is 13.6. The average Bonchev–Trinajstić information content (AvgIpc) is 3.24. The number of amides is 1. The lowest BCUT2D eigenvalue weighted by Crippen LogP contribution is -2.42. The van der Waals surface area contributed by atoms with Crippen molar-refractivity contribution in [2.75, 3.05) is 7.05 Å². The van der Waals surface area contributed by atoms with Crippen LogP contribution in [0.25, 0.3) is 10.2 Å². The molecule has 2 heterocycles. The number of carbonyl (C=O) groups is 1. The zero-order chi connectivity index (χ0) is 21.3. The maximum Gasteiger partial charge on any atom is 0.331 e. The summed E-state index contributed by atoms with van der Waals surface area (Å²) in [5.41, 5.74) is 0.609. The predicted molar refractivity (Wildman–Crippen MR) is 115 cm³/mol. The molecule has 8 heteroatoms. The normalized spacial score (nSPS) is 19.1. The van der Waals surface area contributed by atoms with Crippen molar-refractivity contribution in [3.63, 3.8) is 0 Å². The van der Waals surface area contributed by atoms with Crippen molar-refractivity contribution in [3.05, 3.63) is 67.9 Å². The SMILES string of the molecule is CNC(=O)C1CCC(Cn2c(=O)c3sccc3n(Cc3cccc(F)c3)c2=O)CC1. The lowest BCUT2D eigenvalue weighted by atomic mass is 9.81. The number of benzene rings is 1. The van der Waals surface area contributed by atoms with Crippen molar-refractivity contribution in [1.29, 1.82) is 0 Å². The summed E-state index contributed by atoms with van der Waals surface area (Å²) in [7, 11) is 1.64. The van der Waals surface area contributed by atoms with Crippen LogP contribution in [0.4, 0.5) is 4.39 Å². The van der Waals surface area contributed by atoms with Gasteiger partial charge in [-0.25, -0.2) is 9.18 Å². The predicted octanol–water partition coefficient (Wildman–Crippen LogP) is 2.96. The van der Waals surface area contributed by atoms with Gasteiger partial charge in [-0.3, -0.25) is 18.7 Å². The van der Waals surface area contributed by atoms with Gasteiger partial charge in [0.05, 0.1) is 12.1 Å². The van der Waals surface area contributed by atoms with E-state index in [1.165, 1.54) is 28.0 Å². The molecule has 1 aromatic carbocycles. The van der Waals surface area contributed by atoms with E-state index in [9.17, 15) is 18.8 Å². The van der Waals surface area contributed by atoms with Gasteiger partial charge < -0.3 is 5.32 Å². The second-order valence-corrected chi connectivity index (χ2v) is 8.80. The van der Waals surface area contributed by atoms with Gasteiger partial charge in [-0.15, -0.1) is 11.3 Å². The van der Waals surface area contributed by atoms with E-state index in [4.69, 9.17) is 0 Å². The van der Waals surface area contributed by atoms with E-state index < -0.39 is 0 Å². The van der Waals surface area contributed by atoms with Crippen LogP contribution < -0.4 is 16.6 Å². The van der Waals surface area contributed by atoms with E-state index in [-0.39, 0.29) is 41.4 Å². The first-order chi connectivity index (χ1) is 14.5. The Balaban J connectivity index is 1.65. The van der Waals surface area contributed by atoms with E-state index in [1.807, 2.05) is 0 Å². The average molecular weight is 430 g/mol. The van der Waals surface area contributed by atoms with Crippen molar-refractivity contribution >= 4 is 27.5 Å². The van der Waals surface area contributed by atoms with Crippen molar-refractivity contribution < 1.29 is 9.18 Å². The van der Waals surface area contributed by atoms with Crippen LogP contribution in [-0.4, -0.2) is 22.1 Å². The van der Waals surface area contributed by atoms with E-state index in [2.05, 4.69) is 5.32 Å². The molecule has 30 heavy (non-hydrogen) atoms. The van der Waals surface area contributed by atoms with Crippen LogP contribution in [0.5, 0.6) is 0 Å². The van der Waals surface area contributed by atoms with Crippen LogP contribution in [0.15, 0.2) is 45.3 Å². The minimum atomic E-state index is -0.372. The van der Waals surface area contributed by atoms with E-state index in [1.54, 1.807) is 35.2 Å². The summed E-state index contributed by atoms with van der Waals surface area (Å²) >= 11 is 1.31. The molecule has 0 atom stereocenters. The summed E-state index contributed by atoms with van der Waals surface area (Å²) in [6.45, 7) is 0.544. The van der Waals surface area contributed by atoms with Gasteiger partial charge in [0.25, 0.3) is 5.56 Å². The number of carbonyl (C=O) groups excluding carboxylic acids is 1. The molecule has 0 unspecified atom stereocenters. The van der Waals surface area contributed by atoms with Gasteiger partial charge in [-0.1, -0.05) is 12.1 Å². The second-order valence-electron chi connectivity index (χ2n) is 7.88. The lowest BCUT2D eigenvalue weighted by molar-refractivity contribution is -0.125. The van der Waals surface area contributed by atoms with Gasteiger partial charge in [0.1, 0.15) is 10.5 Å². The highest BCUT2D eigenvalue weighted by Gasteiger charge is 2.27. The molecule has 0 saturated heterocycles. The third-order valence-corrected chi connectivity index (χ3v) is 6.86. The Morgan fingerprint density at radius 2 is 1.93 bits per heavy atom. The Bertz CT molecular complexity index is 1190. The number of hydrogen-bond donors (Lipinski definition) is 1. The maximum absolute atomic E-state index is 13.6. The number of nitrogens with one attached hydrogen (secondary N) is 1. The lowest BCUT2D eigenvalue weighted by Gasteiger charge is -2.27. The first kappa shape index (κ1) is 20.5. The minimum Gasteiger partial charge on any atom is -0.359 e. The molecule has 4 rings (SSSR count). The molecule has 0 spiro atoms. The molecule has 1 fully saturated rings. The van der Waals surface area contributed by atoms with Crippen LogP contribution in [0.3, 0.4) is 0 Å². The molecule has 3 aromatic rings. The van der Waals surface area contributed by atoms with E-state index in [0.717, 1.165) is 25.7 Å². The van der Waals surface area contributed by atoms with Crippen molar-refractivity contribution in [3.8, 4) is 0 Å². The quantitative estimate of drug-likeness (QED) is 0.678. The molecule has 1 aliphatic rings. The number of thiophene rings is 1. The fourth-order valence-electron chi connectivity index (χ4n) is 4.33. The number of rotatable bonds is 5. The Kier molecular flexibility index (Phi) is 5.85. The highest BCUT2D eigenvalue weighted by atomic mass is 32.1. The summed E-state index contributed by atoms with van der Waals surface area (Å²) in [4.78, 5) is 38.1. The van der Waals surface area contributed by atoms with Crippen molar-refractivity contribution in [1.82, 2.24) is 14.5 Å². The minimum absolute atomic E-state index is 0.00684. The van der Waals surface area contributed by atoms with E-state index in [0.29, 0.717) is 22.3 Å². The van der Waals surface area contributed by atoms with Crippen LogP contribution in [0.2, 0.25) is 0 Å². The zero-order valence-corrected chi connectivity index (χ0v) is 17.6. The fourth-order valence-corrected chi connectivity index (χ4v) is 5.18. The van der Waals surface area contributed by atoms with Gasteiger partial charge in [-0.05, 0) is 60.7 Å². The third kappa shape index (κ3) is 3.96. The molecule has 0 radical (unpaired) electrons. The van der Waals surface area contributed by atoms with Crippen LogP contribution in [-0.2, 0) is 17.9 Å². The molecule has 2 aromatic heterocycles. The first-order valence-electron chi connectivity index (χ1n) is 10.1. The molecular formula is C22H24FN3O3S. The molecular weight excluding hydrogens is 405 g/mol.